The molecule has 0 aromatic carbocycles. The molecule has 132 valence electrons. The maximum atomic E-state index is 12.7. The van der Waals surface area contributed by atoms with Gasteiger partial charge in [0.05, 0.1) is 12.2 Å². The predicted octanol–water partition coefficient (Wildman–Crippen LogP) is 1.82. The van der Waals surface area contributed by atoms with Crippen molar-refractivity contribution in [2.24, 2.45) is 5.41 Å². The zero-order valence-electron chi connectivity index (χ0n) is 14.9. The first-order valence-corrected chi connectivity index (χ1v) is 8.24. The Morgan fingerprint density at radius 2 is 1.84 bits per heavy atom. The molecule has 0 radical (unpaired) electrons. The Labute approximate surface area is 148 Å². The van der Waals surface area contributed by atoms with E-state index in [2.05, 4.69) is 15.3 Å². The van der Waals surface area contributed by atoms with E-state index < -0.39 is 5.41 Å². The highest BCUT2D eigenvalue weighted by molar-refractivity contribution is 6.04. The Hall–Kier alpha value is -2.76. The molecule has 6 nitrogen and oxygen atoms in total. The number of likely N-dealkylation sites (N-methyl/N-ethyl adjacent to an activating group) is 1. The van der Waals surface area contributed by atoms with Gasteiger partial charge in [-0.3, -0.25) is 19.6 Å². The molecule has 0 saturated heterocycles. The average molecular weight is 340 g/mol. The van der Waals surface area contributed by atoms with Crippen LogP contribution in [0.4, 0.5) is 0 Å². The van der Waals surface area contributed by atoms with Crippen LogP contribution in [0, 0.1) is 5.41 Å². The van der Waals surface area contributed by atoms with Crippen molar-refractivity contribution in [3.8, 4) is 0 Å². The normalized spacial score (nSPS) is 11.0. The summed E-state index contributed by atoms with van der Waals surface area (Å²) in [6, 6.07) is 9.34. The van der Waals surface area contributed by atoms with Crippen LogP contribution in [-0.4, -0.2) is 40.3 Å². The van der Waals surface area contributed by atoms with Gasteiger partial charge in [-0.2, -0.15) is 0 Å². The summed E-state index contributed by atoms with van der Waals surface area (Å²) < 4.78 is 0. The van der Waals surface area contributed by atoms with Crippen molar-refractivity contribution in [2.75, 3.05) is 13.6 Å². The lowest BCUT2D eigenvalue weighted by Crippen LogP contribution is -2.48. The Morgan fingerprint density at radius 3 is 2.48 bits per heavy atom. The second kappa shape index (κ2) is 8.37. The number of hydrogen-bond acceptors (Lipinski definition) is 4. The maximum absolute atomic E-state index is 12.7. The fourth-order valence-corrected chi connectivity index (χ4v) is 2.42. The van der Waals surface area contributed by atoms with E-state index in [4.69, 9.17) is 0 Å². The molecular formula is C19H24N4O2. The van der Waals surface area contributed by atoms with Crippen molar-refractivity contribution in [3.63, 3.8) is 0 Å². The minimum absolute atomic E-state index is 0.208. The molecule has 2 rings (SSSR count). The first-order valence-electron chi connectivity index (χ1n) is 8.24. The van der Waals surface area contributed by atoms with Gasteiger partial charge < -0.3 is 10.2 Å². The summed E-state index contributed by atoms with van der Waals surface area (Å²) >= 11 is 0. The Morgan fingerprint density at radius 1 is 1.12 bits per heavy atom. The van der Waals surface area contributed by atoms with E-state index >= 15 is 0 Å². The van der Waals surface area contributed by atoms with Crippen LogP contribution in [0.1, 0.15) is 25.1 Å². The molecule has 25 heavy (non-hydrogen) atoms. The van der Waals surface area contributed by atoms with E-state index in [-0.39, 0.29) is 11.8 Å². The number of nitrogens with zero attached hydrogens (tertiary/aromatic N) is 3. The monoisotopic (exact) mass is 340 g/mol. The molecule has 0 fully saturated rings. The maximum Gasteiger partial charge on any atom is 0.237 e. The molecule has 6 heteroatoms. The molecule has 0 saturated carbocycles. The third kappa shape index (κ3) is 5.11. The number of amides is 2. The molecule has 0 aliphatic heterocycles. The molecule has 2 amide bonds. The fraction of sp³-hybridized carbons (Fsp3) is 0.368. The average Bonchev–Trinajstić information content (AvgIpc) is 2.65. The van der Waals surface area contributed by atoms with E-state index in [1.807, 2.05) is 30.3 Å². The lowest BCUT2D eigenvalue weighted by atomic mass is 9.90. The second-order valence-corrected chi connectivity index (χ2v) is 6.46. The molecular weight excluding hydrogens is 316 g/mol. The van der Waals surface area contributed by atoms with Crippen LogP contribution in [0.5, 0.6) is 0 Å². The Kier molecular flexibility index (Phi) is 6.22. The molecule has 0 aliphatic rings. The van der Waals surface area contributed by atoms with Crippen LogP contribution in [0.3, 0.4) is 0 Å². The van der Waals surface area contributed by atoms with Crippen molar-refractivity contribution in [1.29, 1.82) is 0 Å². The van der Waals surface area contributed by atoms with Gasteiger partial charge in [0.15, 0.2) is 0 Å². The summed E-state index contributed by atoms with van der Waals surface area (Å²) in [6.07, 6.45) is 5.85. The van der Waals surface area contributed by atoms with E-state index in [9.17, 15) is 9.59 Å². The highest BCUT2D eigenvalue weighted by Crippen LogP contribution is 2.19. The highest BCUT2D eigenvalue weighted by Gasteiger charge is 2.37. The number of aromatic nitrogens is 2. The molecule has 0 aliphatic carbocycles. The van der Waals surface area contributed by atoms with Crippen molar-refractivity contribution >= 4 is 11.8 Å². The van der Waals surface area contributed by atoms with Gasteiger partial charge in [0.2, 0.25) is 11.8 Å². The molecule has 0 spiro atoms. The largest absolute Gasteiger partial charge is 0.350 e. The van der Waals surface area contributed by atoms with Crippen LogP contribution in [0.15, 0.2) is 48.9 Å². The third-order valence-electron chi connectivity index (χ3n) is 4.09. The molecule has 2 aromatic rings. The van der Waals surface area contributed by atoms with Gasteiger partial charge in [-0.25, -0.2) is 0 Å². The van der Waals surface area contributed by atoms with E-state index in [0.29, 0.717) is 13.1 Å². The van der Waals surface area contributed by atoms with Gasteiger partial charge in [0, 0.05) is 32.2 Å². The second-order valence-electron chi connectivity index (χ2n) is 6.46. The van der Waals surface area contributed by atoms with Gasteiger partial charge in [-0.05, 0) is 50.1 Å². The summed E-state index contributed by atoms with van der Waals surface area (Å²) in [7, 11) is 1.72. The molecule has 0 unspecified atom stereocenters. The van der Waals surface area contributed by atoms with Crippen molar-refractivity contribution < 1.29 is 9.59 Å². The molecule has 0 atom stereocenters. The van der Waals surface area contributed by atoms with Crippen molar-refractivity contribution in [2.45, 2.75) is 26.8 Å². The van der Waals surface area contributed by atoms with Gasteiger partial charge in [0.25, 0.3) is 0 Å². The summed E-state index contributed by atoms with van der Waals surface area (Å²) in [5.74, 6) is -0.515. The van der Waals surface area contributed by atoms with Crippen LogP contribution in [0.2, 0.25) is 0 Å². The molecule has 0 bridgehead atoms. The van der Waals surface area contributed by atoms with E-state index in [1.165, 1.54) is 0 Å². The lowest BCUT2D eigenvalue weighted by molar-refractivity contribution is -0.147. The van der Waals surface area contributed by atoms with Gasteiger partial charge in [0.1, 0.15) is 5.41 Å². The summed E-state index contributed by atoms with van der Waals surface area (Å²) in [4.78, 5) is 34.9. The number of nitrogens with one attached hydrogen (secondary N) is 1. The summed E-state index contributed by atoms with van der Waals surface area (Å²) in [6.45, 7) is 4.13. The zero-order valence-corrected chi connectivity index (χ0v) is 14.9. The number of carbonyl (C=O) groups is 2. The first-order chi connectivity index (χ1) is 11.9. The first kappa shape index (κ1) is 18.6. The minimum Gasteiger partial charge on any atom is -0.350 e. The van der Waals surface area contributed by atoms with E-state index in [1.54, 1.807) is 44.4 Å². The SMILES string of the molecule is CN(CCc1ccncc1)C(=O)C(C)(C)C(=O)NCc1ccccn1. The molecule has 2 aromatic heterocycles. The Bertz CT molecular complexity index is 702. The predicted molar refractivity (Wildman–Crippen MR) is 95.4 cm³/mol. The summed E-state index contributed by atoms with van der Waals surface area (Å²) in [5.41, 5.74) is 0.721. The summed E-state index contributed by atoms with van der Waals surface area (Å²) in [5, 5.41) is 2.79. The van der Waals surface area contributed by atoms with Crippen molar-refractivity contribution in [1.82, 2.24) is 20.2 Å². The Balaban J connectivity index is 1.89. The number of rotatable bonds is 7. The van der Waals surface area contributed by atoms with E-state index in [0.717, 1.165) is 17.7 Å². The number of hydrogen-bond donors (Lipinski definition) is 1. The number of carbonyl (C=O) groups excluding carboxylic acids is 2. The van der Waals surface area contributed by atoms with Gasteiger partial charge >= 0.3 is 0 Å². The van der Waals surface area contributed by atoms with Crippen LogP contribution >= 0.6 is 0 Å². The smallest absolute Gasteiger partial charge is 0.237 e. The zero-order chi connectivity index (χ0) is 18.3. The fourth-order valence-electron chi connectivity index (χ4n) is 2.42. The topological polar surface area (TPSA) is 75.2 Å². The minimum atomic E-state index is -1.14. The van der Waals surface area contributed by atoms with Crippen LogP contribution < -0.4 is 5.32 Å². The standard InChI is InChI=1S/C19H24N4O2/c1-19(2,17(24)22-14-16-6-4-5-10-21-16)18(25)23(3)13-9-15-7-11-20-12-8-15/h4-8,10-12H,9,13-14H2,1-3H3,(H,22,24). The highest BCUT2D eigenvalue weighted by atomic mass is 16.2. The molecule has 2 heterocycles. The van der Waals surface area contributed by atoms with Gasteiger partial charge in [-0.15, -0.1) is 0 Å². The quantitative estimate of drug-likeness (QED) is 0.780. The third-order valence-corrected chi connectivity index (χ3v) is 4.09. The number of pyridine rings is 2. The molecule has 1 N–H and O–H groups in total. The van der Waals surface area contributed by atoms with Crippen LogP contribution in [-0.2, 0) is 22.6 Å². The lowest BCUT2D eigenvalue weighted by Gasteiger charge is -2.28. The van der Waals surface area contributed by atoms with Crippen LogP contribution in [0.25, 0.3) is 0 Å². The van der Waals surface area contributed by atoms with Crippen molar-refractivity contribution in [3.05, 3.63) is 60.2 Å². The van der Waals surface area contributed by atoms with Gasteiger partial charge in [-0.1, -0.05) is 6.07 Å².